The molecule has 2 heterocycles. The molecule has 1 saturated heterocycles. The van der Waals surface area contributed by atoms with E-state index in [0.717, 1.165) is 17.0 Å². The number of carbonyl (C=O) groups excluding carboxylic acids is 2. The van der Waals surface area contributed by atoms with Gasteiger partial charge in [0, 0.05) is 5.69 Å². The average Bonchev–Trinajstić information content (AvgIpc) is 3.20. The Morgan fingerprint density at radius 1 is 1.14 bits per heavy atom. The van der Waals surface area contributed by atoms with Crippen molar-refractivity contribution in [3.63, 3.8) is 0 Å². The van der Waals surface area contributed by atoms with Gasteiger partial charge in [-0.15, -0.1) is 0 Å². The number of amides is 3. The van der Waals surface area contributed by atoms with Crippen molar-refractivity contribution in [1.82, 2.24) is 10.6 Å². The molecule has 2 aromatic rings. The Morgan fingerprint density at radius 2 is 1.90 bits per heavy atom. The van der Waals surface area contributed by atoms with E-state index in [-0.39, 0.29) is 13.1 Å². The third-order valence-electron chi connectivity index (χ3n) is 4.68. The molecule has 29 heavy (non-hydrogen) atoms. The number of piperazine rings is 1. The van der Waals surface area contributed by atoms with Crippen molar-refractivity contribution in [2.75, 3.05) is 37.6 Å². The smallest absolute Gasteiger partial charge is 0.416 e. The minimum Gasteiger partial charge on any atom is -0.467 e. The number of imide groups is 1. The highest BCUT2D eigenvalue weighted by molar-refractivity contribution is 5.94. The van der Waals surface area contributed by atoms with Crippen LogP contribution in [0.1, 0.15) is 11.3 Å². The maximum atomic E-state index is 12.9. The fourth-order valence-corrected chi connectivity index (χ4v) is 3.16. The van der Waals surface area contributed by atoms with E-state index in [1.54, 1.807) is 18.2 Å². The summed E-state index contributed by atoms with van der Waals surface area (Å²) < 4.78 is 43.7. The zero-order valence-corrected chi connectivity index (χ0v) is 15.6. The van der Waals surface area contributed by atoms with Crippen LogP contribution in [0.5, 0.6) is 0 Å². The highest BCUT2D eigenvalue weighted by Crippen LogP contribution is 2.31. The molecule has 1 aromatic carbocycles. The molecule has 1 aliphatic heterocycles. The van der Waals surface area contributed by atoms with E-state index < -0.39 is 23.7 Å². The SMILES string of the molecule is O=C(C[NH+]1CCN(c2cccc(C(F)(F)F)c2)CC1)NC(=O)NCc1ccco1. The van der Waals surface area contributed by atoms with Crippen molar-refractivity contribution in [3.8, 4) is 0 Å². The fraction of sp³-hybridized carbons (Fsp3) is 0.368. The maximum absolute atomic E-state index is 12.9. The van der Waals surface area contributed by atoms with E-state index in [4.69, 9.17) is 4.42 Å². The number of rotatable bonds is 5. The monoisotopic (exact) mass is 411 g/mol. The lowest BCUT2D eigenvalue weighted by molar-refractivity contribution is -0.892. The van der Waals surface area contributed by atoms with E-state index in [9.17, 15) is 22.8 Å². The summed E-state index contributed by atoms with van der Waals surface area (Å²) in [7, 11) is 0. The summed E-state index contributed by atoms with van der Waals surface area (Å²) in [5, 5.41) is 4.79. The number of nitrogens with one attached hydrogen (secondary N) is 3. The molecule has 0 aliphatic carbocycles. The minimum atomic E-state index is -4.38. The van der Waals surface area contributed by atoms with Crippen molar-refractivity contribution < 1.29 is 32.1 Å². The van der Waals surface area contributed by atoms with E-state index in [0.29, 0.717) is 37.6 Å². The number of quaternary nitrogens is 1. The molecule has 3 amide bonds. The molecule has 1 aliphatic rings. The number of alkyl halides is 3. The third-order valence-corrected chi connectivity index (χ3v) is 4.68. The lowest BCUT2D eigenvalue weighted by Gasteiger charge is -2.33. The standard InChI is InChI=1S/C19H21F3N4O3/c20-19(21,22)14-3-1-4-15(11-14)26-8-6-25(7-9-26)13-17(27)24-18(28)23-12-16-5-2-10-29-16/h1-5,10-11H,6-9,12-13H2,(H2,23,24,27,28)/p+1. The number of nitrogens with zero attached hydrogens (tertiary/aromatic N) is 1. The number of halogens is 3. The van der Waals surface area contributed by atoms with Crippen LogP contribution in [0.25, 0.3) is 0 Å². The lowest BCUT2D eigenvalue weighted by Crippen LogP contribution is -3.16. The molecule has 0 radical (unpaired) electrons. The van der Waals surface area contributed by atoms with E-state index in [1.165, 1.54) is 12.3 Å². The largest absolute Gasteiger partial charge is 0.467 e. The predicted octanol–water partition coefficient (Wildman–Crippen LogP) is 1.03. The van der Waals surface area contributed by atoms with Crippen molar-refractivity contribution in [2.24, 2.45) is 0 Å². The number of hydrogen-bond donors (Lipinski definition) is 3. The number of furan rings is 1. The zero-order valence-electron chi connectivity index (χ0n) is 15.6. The van der Waals surface area contributed by atoms with E-state index >= 15 is 0 Å². The second-order valence-electron chi connectivity index (χ2n) is 6.77. The molecule has 7 nitrogen and oxygen atoms in total. The van der Waals surface area contributed by atoms with E-state index in [2.05, 4.69) is 10.6 Å². The predicted molar refractivity (Wildman–Crippen MR) is 98.3 cm³/mol. The van der Waals surface area contributed by atoms with Crippen molar-refractivity contribution in [3.05, 3.63) is 54.0 Å². The van der Waals surface area contributed by atoms with Crippen LogP contribution in [0, 0.1) is 0 Å². The van der Waals surface area contributed by atoms with Gasteiger partial charge in [-0.2, -0.15) is 13.2 Å². The third kappa shape index (κ3) is 5.98. The first-order valence-corrected chi connectivity index (χ1v) is 9.17. The molecule has 3 rings (SSSR count). The minimum absolute atomic E-state index is 0.116. The molecule has 1 fully saturated rings. The first-order valence-electron chi connectivity index (χ1n) is 9.17. The van der Waals surface area contributed by atoms with Gasteiger partial charge in [0.2, 0.25) is 0 Å². The Morgan fingerprint density at radius 3 is 2.55 bits per heavy atom. The number of carbonyl (C=O) groups is 2. The van der Waals surface area contributed by atoms with Gasteiger partial charge in [-0.3, -0.25) is 10.1 Å². The van der Waals surface area contributed by atoms with Gasteiger partial charge in [-0.1, -0.05) is 6.07 Å². The topological polar surface area (TPSA) is 79.0 Å². The molecule has 0 spiro atoms. The molecule has 1 aromatic heterocycles. The number of urea groups is 1. The van der Waals surface area contributed by atoms with Gasteiger partial charge in [0.05, 0.1) is 44.6 Å². The number of hydrogen-bond acceptors (Lipinski definition) is 4. The average molecular weight is 411 g/mol. The van der Waals surface area contributed by atoms with Crippen molar-refractivity contribution in [2.45, 2.75) is 12.7 Å². The van der Waals surface area contributed by atoms with E-state index in [1.807, 2.05) is 4.90 Å². The van der Waals surface area contributed by atoms with Crippen LogP contribution in [-0.4, -0.2) is 44.7 Å². The molecule has 156 valence electrons. The van der Waals surface area contributed by atoms with Crippen LogP contribution in [0.3, 0.4) is 0 Å². The Kier molecular flexibility index (Phi) is 6.42. The van der Waals surface area contributed by atoms with Crippen LogP contribution < -0.4 is 20.4 Å². The Hall–Kier alpha value is -3.01. The highest BCUT2D eigenvalue weighted by Gasteiger charge is 2.31. The first kappa shape index (κ1) is 20.7. The summed E-state index contributed by atoms with van der Waals surface area (Å²) in [6.45, 7) is 2.50. The second kappa shape index (κ2) is 8.99. The van der Waals surface area contributed by atoms with Crippen LogP contribution in [0.4, 0.5) is 23.7 Å². The Bertz CT molecular complexity index is 831. The fourth-order valence-electron chi connectivity index (χ4n) is 3.16. The normalized spacial score (nSPS) is 15.2. The molecule has 3 N–H and O–H groups in total. The zero-order chi connectivity index (χ0) is 20.9. The van der Waals surface area contributed by atoms with Gasteiger partial charge < -0.3 is 19.5 Å². The van der Waals surface area contributed by atoms with Crippen LogP contribution in [-0.2, 0) is 17.5 Å². The highest BCUT2D eigenvalue weighted by atomic mass is 19.4. The Balaban J connectivity index is 1.42. The summed E-state index contributed by atoms with van der Waals surface area (Å²) >= 11 is 0. The van der Waals surface area contributed by atoms with Gasteiger partial charge >= 0.3 is 12.2 Å². The van der Waals surface area contributed by atoms with Crippen LogP contribution in [0.15, 0.2) is 47.1 Å². The molecule has 0 atom stereocenters. The van der Waals surface area contributed by atoms with Gasteiger partial charge in [0.1, 0.15) is 5.76 Å². The first-order chi connectivity index (χ1) is 13.8. The summed E-state index contributed by atoms with van der Waals surface area (Å²) in [6, 6.07) is 8.03. The molecule has 0 saturated carbocycles. The Labute approximate surface area is 165 Å². The summed E-state index contributed by atoms with van der Waals surface area (Å²) in [5.41, 5.74) is -0.162. The van der Waals surface area contributed by atoms with Gasteiger partial charge in [0.25, 0.3) is 5.91 Å². The summed E-state index contributed by atoms with van der Waals surface area (Å²) in [5.74, 6) is 0.161. The summed E-state index contributed by atoms with van der Waals surface area (Å²) in [6.07, 6.45) is -2.89. The van der Waals surface area contributed by atoms with Crippen molar-refractivity contribution >= 4 is 17.6 Å². The molecule has 0 bridgehead atoms. The van der Waals surface area contributed by atoms with Gasteiger partial charge in [0.15, 0.2) is 6.54 Å². The quantitative estimate of drug-likeness (QED) is 0.687. The number of anilines is 1. The van der Waals surface area contributed by atoms with Gasteiger partial charge in [-0.25, -0.2) is 4.79 Å². The van der Waals surface area contributed by atoms with Crippen molar-refractivity contribution in [1.29, 1.82) is 0 Å². The lowest BCUT2D eigenvalue weighted by atomic mass is 10.1. The summed E-state index contributed by atoms with van der Waals surface area (Å²) in [4.78, 5) is 26.6. The maximum Gasteiger partial charge on any atom is 0.416 e. The van der Waals surface area contributed by atoms with Crippen LogP contribution >= 0.6 is 0 Å². The molecule has 0 unspecified atom stereocenters. The second-order valence-corrected chi connectivity index (χ2v) is 6.77. The van der Waals surface area contributed by atoms with Crippen LogP contribution in [0.2, 0.25) is 0 Å². The molecular formula is C19H22F3N4O3+. The van der Waals surface area contributed by atoms with Gasteiger partial charge in [-0.05, 0) is 30.3 Å². The molecule has 10 heteroatoms. The molecular weight excluding hydrogens is 389 g/mol. The number of benzene rings is 1.